The fraction of sp³-hybridized carbons (Fsp3) is 0.714. The maximum absolute atomic E-state index is 9.44. The molecule has 66 valence electrons. The summed E-state index contributed by atoms with van der Waals surface area (Å²) in [6.45, 7) is 0.911. The monoisotopic (exact) mass is 169 g/mol. The molecule has 0 saturated carbocycles. The van der Waals surface area contributed by atoms with Crippen LogP contribution in [-0.2, 0) is 11.8 Å². The van der Waals surface area contributed by atoms with Crippen molar-refractivity contribution in [3.05, 3.63) is 12.2 Å². The van der Waals surface area contributed by atoms with Crippen LogP contribution in [0.5, 0.6) is 0 Å². The van der Waals surface area contributed by atoms with Crippen molar-refractivity contribution in [1.29, 1.82) is 0 Å². The van der Waals surface area contributed by atoms with Crippen molar-refractivity contribution in [2.75, 3.05) is 13.2 Å². The van der Waals surface area contributed by atoms with Crippen molar-refractivity contribution < 1.29 is 9.84 Å². The Balaban J connectivity index is 2.19. The molecule has 12 heavy (non-hydrogen) atoms. The molecule has 1 N–H and O–H groups in total. The number of aromatic nitrogens is 3. The Morgan fingerprint density at radius 1 is 1.67 bits per heavy atom. The van der Waals surface area contributed by atoms with Gasteiger partial charge in [0.05, 0.1) is 25.2 Å². The van der Waals surface area contributed by atoms with E-state index in [2.05, 4.69) is 10.1 Å². The lowest BCUT2D eigenvalue weighted by molar-refractivity contribution is 0.124. The molecule has 5 nitrogen and oxygen atoms in total. The Kier molecular flexibility index (Phi) is 1.82. The first-order valence-electron chi connectivity index (χ1n) is 3.88. The zero-order chi connectivity index (χ0) is 8.55. The third kappa shape index (κ3) is 1.21. The number of aryl methyl sites for hydroxylation is 1. The molecule has 0 aliphatic carbocycles. The summed E-state index contributed by atoms with van der Waals surface area (Å²) >= 11 is 0. The van der Waals surface area contributed by atoms with Gasteiger partial charge in [0.2, 0.25) is 0 Å². The van der Waals surface area contributed by atoms with Crippen molar-refractivity contribution >= 4 is 0 Å². The number of aliphatic hydroxyl groups excluding tert-OH is 1. The highest BCUT2D eigenvalue weighted by Gasteiger charge is 2.30. The van der Waals surface area contributed by atoms with Crippen LogP contribution in [0, 0.1) is 0 Å². The van der Waals surface area contributed by atoms with E-state index in [1.54, 1.807) is 18.1 Å². The van der Waals surface area contributed by atoms with Crippen LogP contribution in [0.2, 0.25) is 0 Å². The summed E-state index contributed by atoms with van der Waals surface area (Å²) in [5.74, 6) is 0.619. The van der Waals surface area contributed by atoms with Crippen molar-refractivity contribution in [1.82, 2.24) is 14.8 Å². The third-order valence-corrected chi connectivity index (χ3v) is 2.00. The van der Waals surface area contributed by atoms with Gasteiger partial charge in [-0.15, -0.1) is 0 Å². The molecule has 2 heterocycles. The number of nitrogens with zero attached hydrogens (tertiary/aromatic N) is 3. The molecular formula is C7H11N3O2. The second kappa shape index (κ2) is 2.84. The molecule has 0 amide bonds. The van der Waals surface area contributed by atoms with Crippen molar-refractivity contribution in [2.45, 2.75) is 12.0 Å². The van der Waals surface area contributed by atoms with E-state index >= 15 is 0 Å². The normalized spacial score (nSPS) is 29.5. The van der Waals surface area contributed by atoms with Gasteiger partial charge in [-0.3, -0.25) is 4.68 Å². The van der Waals surface area contributed by atoms with Gasteiger partial charge in [0.25, 0.3) is 0 Å². The van der Waals surface area contributed by atoms with Crippen LogP contribution in [0.4, 0.5) is 0 Å². The van der Waals surface area contributed by atoms with Crippen molar-refractivity contribution in [3.8, 4) is 0 Å². The van der Waals surface area contributed by atoms with E-state index in [1.807, 2.05) is 0 Å². The van der Waals surface area contributed by atoms with Gasteiger partial charge < -0.3 is 9.84 Å². The van der Waals surface area contributed by atoms with E-state index in [1.165, 1.54) is 0 Å². The third-order valence-electron chi connectivity index (χ3n) is 2.00. The molecular weight excluding hydrogens is 158 g/mol. The average molecular weight is 169 g/mol. The molecule has 1 fully saturated rings. The molecule has 0 radical (unpaired) electrons. The molecule has 0 spiro atoms. The average Bonchev–Trinajstić information content (AvgIpc) is 2.58. The second-order valence-corrected chi connectivity index (χ2v) is 2.99. The predicted molar refractivity (Wildman–Crippen MR) is 40.6 cm³/mol. The first kappa shape index (κ1) is 7.70. The summed E-state index contributed by atoms with van der Waals surface area (Å²) in [6, 6.07) is 0. The summed E-state index contributed by atoms with van der Waals surface area (Å²) in [4.78, 5) is 4.06. The number of rotatable bonds is 1. The standard InChI is InChI=1S/C7H11N3O2/c1-10-4-8-7(9-10)5-2-12-3-6(5)11/h4-6,11H,2-3H2,1H3. The van der Waals surface area contributed by atoms with Crippen LogP contribution in [0.25, 0.3) is 0 Å². The largest absolute Gasteiger partial charge is 0.390 e. The maximum atomic E-state index is 9.44. The number of hydrogen-bond donors (Lipinski definition) is 1. The van der Waals surface area contributed by atoms with E-state index in [-0.39, 0.29) is 5.92 Å². The summed E-state index contributed by atoms with van der Waals surface area (Å²) in [5.41, 5.74) is 0. The molecule has 1 aliphatic rings. The topological polar surface area (TPSA) is 60.2 Å². The molecule has 2 atom stereocenters. The molecule has 1 aromatic heterocycles. The predicted octanol–water partition coefficient (Wildman–Crippen LogP) is -0.710. The summed E-state index contributed by atoms with van der Waals surface area (Å²) in [7, 11) is 1.80. The molecule has 0 aromatic carbocycles. The van der Waals surface area contributed by atoms with Crippen LogP contribution in [-0.4, -0.2) is 39.2 Å². The summed E-state index contributed by atoms with van der Waals surface area (Å²) in [5, 5.41) is 13.5. The van der Waals surface area contributed by atoms with Crippen molar-refractivity contribution in [2.24, 2.45) is 7.05 Å². The molecule has 0 bridgehead atoms. The quantitative estimate of drug-likeness (QED) is 0.603. The summed E-state index contributed by atoms with van der Waals surface area (Å²) < 4.78 is 6.72. The van der Waals surface area contributed by atoms with E-state index in [0.717, 1.165) is 0 Å². The van der Waals surface area contributed by atoms with Gasteiger partial charge in [0.1, 0.15) is 6.33 Å². The van der Waals surface area contributed by atoms with Gasteiger partial charge in [-0.05, 0) is 0 Å². The van der Waals surface area contributed by atoms with Crippen LogP contribution < -0.4 is 0 Å². The van der Waals surface area contributed by atoms with Crippen LogP contribution >= 0.6 is 0 Å². The molecule has 2 unspecified atom stereocenters. The van der Waals surface area contributed by atoms with Gasteiger partial charge in [0, 0.05) is 7.05 Å². The molecule has 1 aromatic rings. The van der Waals surface area contributed by atoms with Gasteiger partial charge in [-0.25, -0.2) is 4.98 Å². The Bertz CT molecular complexity index is 273. The number of ether oxygens (including phenoxy) is 1. The first-order chi connectivity index (χ1) is 5.77. The van der Waals surface area contributed by atoms with E-state index < -0.39 is 6.10 Å². The van der Waals surface area contributed by atoms with Gasteiger partial charge in [0.15, 0.2) is 5.82 Å². The van der Waals surface area contributed by atoms with Crippen LogP contribution in [0.3, 0.4) is 0 Å². The fourth-order valence-electron chi connectivity index (χ4n) is 1.32. The van der Waals surface area contributed by atoms with E-state index in [9.17, 15) is 5.11 Å². The van der Waals surface area contributed by atoms with E-state index in [4.69, 9.17) is 4.74 Å². The highest BCUT2D eigenvalue weighted by molar-refractivity contribution is 5.00. The molecule has 1 aliphatic heterocycles. The lowest BCUT2D eigenvalue weighted by Gasteiger charge is -2.06. The Morgan fingerprint density at radius 3 is 3.00 bits per heavy atom. The Labute approximate surface area is 70.0 Å². The lowest BCUT2D eigenvalue weighted by Crippen LogP contribution is -2.17. The smallest absolute Gasteiger partial charge is 0.158 e. The zero-order valence-corrected chi connectivity index (χ0v) is 6.84. The van der Waals surface area contributed by atoms with Crippen LogP contribution in [0.1, 0.15) is 11.7 Å². The van der Waals surface area contributed by atoms with E-state index in [0.29, 0.717) is 19.0 Å². The highest BCUT2D eigenvalue weighted by atomic mass is 16.5. The number of hydrogen-bond acceptors (Lipinski definition) is 4. The van der Waals surface area contributed by atoms with Gasteiger partial charge >= 0.3 is 0 Å². The molecule has 2 rings (SSSR count). The minimum atomic E-state index is -0.451. The van der Waals surface area contributed by atoms with Gasteiger partial charge in [-0.1, -0.05) is 0 Å². The Hall–Kier alpha value is -0.940. The minimum absolute atomic E-state index is 0.0498. The maximum Gasteiger partial charge on any atom is 0.158 e. The van der Waals surface area contributed by atoms with Crippen molar-refractivity contribution in [3.63, 3.8) is 0 Å². The molecule has 1 saturated heterocycles. The summed E-state index contributed by atoms with van der Waals surface area (Å²) in [6.07, 6.45) is 1.17. The zero-order valence-electron chi connectivity index (χ0n) is 6.84. The van der Waals surface area contributed by atoms with Crippen LogP contribution in [0.15, 0.2) is 6.33 Å². The first-order valence-corrected chi connectivity index (χ1v) is 3.88. The number of aliphatic hydroxyl groups is 1. The fourth-order valence-corrected chi connectivity index (χ4v) is 1.32. The minimum Gasteiger partial charge on any atom is -0.390 e. The highest BCUT2D eigenvalue weighted by Crippen LogP contribution is 2.21. The SMILES string of the molecule is Cn1cnc(C2COCC2O)n1. The second-order valence-electron chi connectivity index (χ2n) is 2.99. The lowest BCUT2D eigenvalue weighted by atomic mass is 10.1. The Morgan fingerprint density at radius 2 is 2.50 bits per heavy atom. The van der Waals surface area contributed by atoms with Gasteiger partial charge in [-0.2, -0.15) is 5.10 Å². The molecule has 5 heteroatoms.